The van der Waals surface area contributed by atoms with Gasteiger partial charge in [-0.1, -0.05) is 18.2 Å². The Bertz CT molecular complexity index is 1100. The van der Waals surface area contributed by atoms with E-state index in [1.54, 1.807) is 6.20 Å². The normalized spacial score (nSPS) is 17.8. The summed E-state index contributed by atoms with van der Waals surface area (Å²) in [5.74, 6) is -2.88. The van der Waals surface area contributed by atoms with Gasteiger partial charge in [-0.15, -0.1) is 0 Å². The molecule has 3 amide bonds. The average molecular weight is 517 g/mol. The Labute approximate surface area is 214 Å². The number of rotatable bonds is 13. The minimum Gasteiger partial charge on any atom is -0.480 e. The van der Waals surface area contributed by atoms with Crippen LogP contribution in [0.5, 0.6) is 0 Å². The Morgan fingerprint density at radius 3 is 2.59 bits per heavy atom. The van der Waals surface area contributed by atoms with Gasteiger partial charge in [-0.3, -0.25) is 14.4 Å². The zero-order chi connectivity index (χ0) is 26.9. The van der Waals surface area contributed by atoms with Crippen molar-refractivity contribution in [3.8, 4) is 0 Å². The first-order valence-corrected chi connectivity index (χ1v) is 12.5. The number of nitrogens with zero attached hydrogens (tertiary/aromatic N) is 1. The molecule has 12 nitrogen and oxygen atoms in total. The molecule has 1 aromatic heterocycles. The Morgan fingerprint density at radius 2 is 1.89 bits per heavy atom. The van der Waals surface area contributed by atoms with E-state index >= 15 is 0 Å². The number of benzene rings is 1. The van der Waals surface area contributed by atoms with Crippen molar-refractivity contribution in [3.05, 3.63) is 36.0 Å². The van der Waals surface area contributed by atoms with Crippen LogP contribution < -0.4 is 22.1 Å². The number of carbonyl (C=O) groups is 4. The summed E-state index contributed by atoms with van der Waals surface area (Å²) in [6.07, 6.45) is 4.16. The highest BCUT2D eigenvalue weighted by molar-refractivity contribution is 5.95. The first-order chi connectivity index (χ1) is 17.8. The van der Waals surface area contributed by atoms with Crippen molar-refractivity contribution >= 4 is 34.6 Å². The molecule has 4 unspecified atom stereocenters. The van der Waals surface area contributed by atoms with E-state index in [2.05, 4.69) is 15.6 Å². The molecule has 2 heterocycles. The van der Waals surface area contributed by atoms with Crippen molar-refractivity contribution in [3.63, 3.8) is 0 Å². The van der Waals surface area contributed by atoms with E-state index in [4.69, 9.17) is 11.5 Å². The Hall–Kier alpha value is -3.48. The molecule has 2 aromatic rings. The van der Waals surface area contributed by atoms with E-state index in [-0.39, 0.29) is 12.8 Å². The molecule has 1 saturated heterocycles. The number of aliphatic hydroxyl groups is 1. The highest BCUT2D eigenvalue weighted by Crippen LogP contribution is 2.21. The summed E-state index contributed by atoms with van der Waals surface area (Å²) in [6.45, 7) is 0.179. The first kappa shape index (κ1) is 28.1. The van der Waals surface area contributed by atoms with Gasteiger partial charge in [0.1, 0.15) is 24.2 Å². The number of carboxylic acid groups (broad SMARTS) is 1. The van der Waals surface area contributed by atoms with Crippen LogP contribution in [0.25, 0.3) is 10.9 Å². The van der Waals surface area contributed by atoms with Crippen LogP contribution in [0.4, 0.5) is 0 Å². The van der Waals surface area contributed by atoms with Crippen molar-refractivity contribution in [1.82, 2.24) is 20.5 Å². The minimum atomic E-state index is -1.17. The quantitative estimate of drug-likeness (QED) is 0.168. The standard InChI is InChI=1S/C25H36N6O6/c26-10-4-3-8-19(25(36)37)29-22(33)20(12-15-13-28-18-7-2-1-6-16(15)18)30-23(34)21-9-5-11-31(21)24(35)17(27)14-32/h1-2,6-7,13,17,19-21,28,32H,3-5,8-12,14,26-27H2,(H,29,33)(H,30,34)(H,36,37). The summed E-state index contributed by atoms with van der Waals surface area (Å²) < 4.78 is 0. The summed E-state index contributed by atoms with van der Waals surface area (Å²) >= 11 is 0. The number of aliphatic hydroxyl groups excluding tert-OH is 1. The summed E-state index contributed by atoms with van der Waals surface area (Å²) in [7, 11) is 0. The largest absolute Gasteiger partial charge is 0.480 e. The lowest BCUT2D eigenvalue weighted by atomic mass is 10.0. The van der Waals surface area contributed by atoms with Crippen molar-refractivity contribution < 1.29 is 29.4 Å². The van der Waals surface area contributed by atoms with Gasteiger partial charge in [0.05, 0.1) is 6.61 Å². The number of hydrogen-bond donors (Lipinski definition) is 7. The average Bonchev–Trinajstić information content (AvgIpc) is 3.54. The number of carbonyl (C=O) groups excluding carboxylic acids is 3. The third-order valence-corrected chi connectivity index (χ3v) is 6.65. The lowest BCUT2D eigenvalue weighted by Gasteiger charge is -2.28. The smallest absolute Gasteiger partial charge is 0.326 e. The molecular weight excluding hydrogens is 480 g/mol. The van der Waals surface area contributed by atoms with E-state index in [9.17, 15) is 29.4 Å². The van der Waals surface area contributed by atoms with Gasteiger partial charge in [-0.25, -0.2) is 4.79 Å². The number of carboxylic acids is 1. The van der Waals surface area contributed by atoms with Crippen LogP contribution in [0, 0.1) is 0 Å². The van der Waals surface area contributed by atoms with Crippen LogP contribution in [0.15, 0.2) is 30.5 Å². The lowest BCUT2D eigenvalue weighted by molar-refractivity contribution is -0.143. The predicted octanol–water partition coefficient (Wildman–Crippen LogP) is -0.796. The number of nitrogens with two attached hydrogens (primary N) is 2. The lowest BCUT2D eigenvalue weighted by Crippen LogP contribution is -2.57. The molecule has 0 aliphatic carbocycles. The second-order valence-electron chi connectivity index (χ2n) is 9.29. The molecule has 0 spiro atoms. The van der Waals surface area contributed by atoms with Gasteiger partial charge in [0.2, 0.25) is 17.7 Å². The van der Waals surface area contributed by atoms with Crippen molar-refractivity contribution in [2.75, 3.05) is 19.7 Å². The number of aromatic amines is 1. The molecule has 9 N–H and O–H groups in total. The zero-order valence-corrected chi connectivity index (χ0v) is 20.7. The summed E-state index contributed by atoms with van der Waals surface area (Å²) in [5, 5.41) is 25.0. The summed E-state index contributed by atoms with van der Waals surface area (Å²) in [5.41, 5.74) is 12.8. The van der Waals surface area contributed by atoms with Crippen LogP contribution in [-0.4, -0.2) is 87.7 Å². The Balaban J connectivity index is 1.81. The SMILES string of the molecule is NCCCCC(NC(=O)C(Cc1c[nH]c2ccccc12)NC(=O)C1CCCN1C(=O)C(N)CO)C(=O)O. The third-order valence-electron chi connectivity index (χ3n) is 6.65. The van der Waals surface area contributed by atoms with Gasteiger partial charge in [0, 0.05) is 30.1 Å². The molecule has 1 aliphatic rings. The number of nitrogens with one attached hydrogen (secondary N) is 3. The van der Waals surface area contributed by atoms with Crippen LogP contribution in [0.3, 0.4) is 0 Å². The van der Waals surface area contributed by atoms with Crippen molar-refractivity contribution in [2.45, 2.75) is 62.7 Å². The van der Waals surface area contributed by atoms with Crippen LogP contribution in [0.1, 0.15) is 37.7 Å². The molecule has 1 fully saturated rings. The number of hydrogen-bond acceptors (Lipinski definition) is 7. The fourth-order valence-electron chi connectivity index (χ4n) is 4.61. The number of aliphatic carboxylic acids is 1. The van der Waals surface area contributed by atoms with E-state index in [1.165, 1.54) is 4.90 Å². The predicted molar refractivity (Wildman–Crippen MR) is 136 cm³/mol. The zero-order valence-electron chi connectivity index (χ0n) is 20.7. The van der Waals surface area contributed by atoms with E-state index in [1.807, 2.05) is 24.3 Å². The molecule has 12 heteroatoms. The van der Waals surface area contributed by atoms with Crippen LogP contribution in [0.2, 0.25) is 0 Å². The topological polar surface area (TPSA) is 204 Å². The molecule has 37 heavy (non-hydrogen) atoms. The molecule has 0 radical (unpaired) electrons. The number of H-pyrrole nitrogens is 1. The molecule has 3 rings (SSSR count). The molecule has 4 atom stereocenters. The monoisotopic (exact) mass is 516 g/mol. The Morgan fingerprint density at radius 1 is 1.14 bits per heavy atom. The summed E-state index contributed by atoms with van der Waals surface area (Å²) in [4.78, 5) is 55.4. The van der Waals surface area contributed by atoms with E-state index < -0.39 is 54.5 Å². The van der Waals surface area contributed by atoms with Gasteiger partial charge < -0.3 is 42.2 Å². The number of aromatic nitrogens is 1. The molecular formula is C25H36N6O6. The van der Waals surface area contributed by atoms with Crippen molar-refractivity contribution in [2.24, 2.45) is 11.5 Å². The highest BCUT2D eigenvalue weighted by atomic mass is 16.4. The van der Waals surface area contributed by atoms with Gasteiger partial charge in [-0.05, 0) is 50.3 Å². The fourth-order valence-corrected chi connectivity index (χ4v) is 4.61. The number of unbranched alkanes of at least 4 members (excludes halogenated alkanes) is 1. The van der Waals surface area contributed by atoms with Gasteiger partial charge in [-0.2, -0.15) is 0 Å². The molecule has 1 aliphatic heterocycles. The second-order valence-corrected chi connectivity index (χ2v) is 9.29. The third kappa shape index (κ3) is 7.06. The van der Waals surface area contributed by atoms with Crippen molar-refractivity contribution in [1.29, 1.82) is 0 Å². The highest BCUT2D eigenvalue weighted by Gasteiger charge is 2.38. The number of fused-ring (bicyclic) bond motifs is 1. The molecule has 0 saturated carbocycles. The van der Waals surface area contributed by atoms with Crippen LogP contribution >= 0.6 is 0 Å². The first-order valence-electron chi connectivity index (χ1n) is 12.5. The molecule has 1 aromatic carbocycles. The van der Waals surface area contributed by atoms with Gasteiger partial charge in [0.25, 0.3) is 0 Å². The number of amides is 3. The minimum absolute atomic E-state index is 0.105. The van der Waals surface area contributed by atoms with Gasteiger partial charge >= 0.3 is 5.97 Å². The second kappa shape index (κ2) is 13.2. The van der Waals surface area contributed by atoms with E-state index in [0.29, 0.717) is 38.8 Å². The maximum Gasteiger partial charge on any atom is 0.326 e. The maximum atomic E-state index is 13.3. The summed E-state index contributed by atoms with van der Waals surface area (Å²) in [6, 6.07) is 3.30. The molecule has 0 bridgehead atoms. The van der Waals surface area contributed by atoms with E-state index in [0.717, 1.165) is 16.5 Å². The fraction of sp³-hybridized carbons (Fsp3) is 0.520. The number of likely N-dealkylation sites (tertiary alicyclic amines) is 1. The number of para-hydroxylation sites is 1. The Kier molecular flexibility index (Phi) is 10.0. The van der Waals surface area contributed by atoms with Gasteiger partial charge in [0.15, 0.2) is 0 Å². The molecule has 202 valence electrons. The van der Waals surface area contributed by atoms with Crippen LogP contribution in [-0.2, 0) is 25.6 Å². The maximum absolute atomic E-state index is 13.3.